The molecular formula is C72H50N2Si2. The monoisotopic (exact) mass is 998 g/mol. The molecule has 15 rings (SSSR count). The van der Waals surface area contributed by atoms with Gasteiger partial charge in [-0.2, -0.15) is 0 Å². The molecule has 0 radical (unpaired) electrons. The first kappa shape index (κ1) is 44.2. The molecule has 12 aromatic carbocycles. The van der Waals surface area contributed by atoms with Crippen molar-refractivity contribution in [3.05, 3.63) is 303 Å². The Morgan fingerprint density at radius 3 is 1.42 bits per heavy atom. The summed E-state index contributed by atoms with van der Waals surface area (Å²) in [6.45, 7) is 0. The molecule has 356 valence electrons. The van der Waals surface area contributed by atoms with Crippen LogP contribution in [-0.4, -0.2) is 25.3 Å². The number of hydrogen-bond donors (Lipinski definition) is 0. The summed E-state index contributed by atoms with van der Waals surface area (Å²) in [5, 5.41) is 16.1. The Balaban J connectivity index is 0.936. The minimum Gasteiger partial charge on any atom is -0.309 e. The number of hydrogen-bond acceptors (Lipinski definition) is 0. The van der Waals surface area contributed by atoms with Crippen LogP contribution in [-0.2, 0) is 0 Å². The van der Waals surface area contributed by atoms with Crippen molar-refractivity contribution in [3.8, 4) is 33.6 Å². The number of nitrogens with zero attached hydrogens (tertiary/aromatic N) is 2. The lowest BCUT2D eigenvalue weighted by molar-refractivity contribution is 1.17. The molecule has 4 heteroatoms. The van der Waals surface area contributed by atoms with Crippen LogP contribution in [0, 0.1) is 0 Å². The minimum atomic E-state index is -2.80. The molecule has 3 heterocycles. The molecule has 0 saturated heterocycles. The second kappa shape index (κ2) is 17.7. The van der Waals surface area contributed by atoms with Gasteiger partial charge in [0.2, 0.25) is 0 Å². The van der Waals surface area contributed by atoms with Gasteiger partial charge in [-0.1, -0.05) is 255 Å². The summed E-state index contributed by atoms with van der Waals surface area (Å²) in [6, 6.07) is 114. The first-order valence-electron chi connectivity index (χ1n) is 26.4. The van der Waals surface area contributed by atoms with E-state index in [0.717, 1.165) is 5.69 Å². The molecule has 0 aliphatic carbocycles. The lowest BCUT2D eigenvalue weighted by atomic mass is 9.94. The second-order valence-corrected chi connectivity index (χ2v) is 27.8. The molecule has 76 heavy (non-hydrogen) atoms. The lowest BCUT2D eigenvalue weighted by Gasteiger charge is -2.34. The van der Waals surface area contributed by atoms with Crippen LogP contribution in [0.1, 0.15) is 0 Å². The zero-order valence-corrected chi connectivity index (χ0v) is 43.8. The third-order valence-electron chi connectivity index (χ3n) is 16.5. The van der Waals surface area contributed by atoms with Crippen molar-refractivity contribution in [1.29, 1.82) is 0 Å². The van der Waals surface area contributed by atoms with Gasteiger partial charge in [0.25, 0.3) is 0 Å². The largest absolute Gasteiger partial charge is 0.309 e. The molecule has 0 bridgehead atoms. The highest BCUT2D eigenvalue weighted by atomic mass is 28.3. The van der Waals surface area contributed by atoms with Crippen molar-refractivity contribution in [3.63, 3.8) is 0 Å². The highest BCUT2D eigenvalue weighted by Gasteiger charge is 2.49. The van der Waals surface area contributed by atoms with Gasteiger partial charge in [0.05, 0.1) is 27.8 Å². The van der Waals surface area contributed by atoms with Gasteiger partial charge in [0.1, 0.15) is 0 Å². The van der Waals surface area contributed by atoms with Crippen molar-refractivity contribution >= 4 is 101 Å². The molecule has 0 unspecified atom stereocenters. The SMILES string of the molecule is c1ccc([Si](c2ccccc2)(c2ccccc2)c2cccc(-n3c4ccccc4c4c(-n5c6ccccc6c6cc(-c7cccc8c7-c7ccccc7[Si]8(c7ccccc7)c7ccccc7)ccc65)cccc43)c2)cc1. The maximum absolute atomic E-state index is 2.80. The van der Waals surface area contributed by atoms with E-state index in [0.29, 0.717) is 0 Å². The van der Waals surface area contributed by atoms with E-state index < -0.39 is 16.1 Å². The summed E-state index contributed by atoms with van der Waals surface area (Å²) in [4.78, 5) is 0. The highest BCUT2D eigenvalue weighted by Crippen LogP contribution is 2.43. The minimum absolute atomic E-state index is 1.15. The normalized spacial score (nSPS) is 12.8. The Kier molecular flexibility index (Phi) is 10.3. The van der Waals surface area contributed by atoms with E-state index in [1.165, 1.54) is 113 Å². The summed E-state index contributed by atoms with van der Waals surface area (Å²) in [7, 11) is -5.46. The van der Waals surface area contributed by atoms with E-state index in [1.807, 2.05) is 0 Å². The van der Waals surface area contributed by atoms with Crippen molar-refractivity contribution in [2.75, 3.05) is 0 Å². The van der Waals surface area contributed by atoms with Crippen LogP contribution < -0.4 is 41.5 Å². The fraction of sp³-hybridized carbons (Fsp3) is 0. The predicted octanol–water partition coefficient (Wildman–Crippen LogP) is 12.3. The Morgan fingerprint density at radius 1 is 0.289 bits per heavy atom. The summed E-state index contributed by atoms with van der Waals surface area (Å²) >= 11 is 0. The van der Waals surface area contributed by atoms with Gasteiger partial charge in [-0.25, -0.2) is 0 Å². The molecule has 0 fully saturated rings. The summed E-state index contributed by atoms with van der Waals surface area (Å²) in [5.74, 6) is 0. The average molecular weight is 999 g/mol. The summed E-state index contributed by atoms with van der Waals surface area (Å²) < 4.78 is 5.03. The van der Waals surface area contributed by atoms with Gasteiger partial charge in [-0.3, -0.25) is 0 Å². The van der Waals surface area contributed by atoms with E-state index in [2.05, 4.69) is 312 Å². The quantitative estimate of drug-likeness (QED) is 0.101. The van der Waals surface area contributed by atoms with E-state index in [-0.39, 0.29) is 0 Å². The first-order chi connectivity index (χ1) is 37.7. The topological polar surface area (TPSA) is 9.86 Å². The van der Waals surface area contributed by atoms with Crippen LogP contribution in [0.25, 0.3) is 77.2 Å². The number of aromatic nitrogens is 2. The van der Waals surface area contributed by atoms with E-state index in [9.17, 15) is 0 Å². The van der Waals surface area contributed by atoms with Crippen molar-refractivity contribution in [1.82, 2.24) is 9.13 Å². The number of para-hydroxylation sites is 2. The Labute approximate surface area is 444 Å². The fourth-order valence-corrected chi connectivity index (χ4v) is 23.5. The number of fused-ring (bicyclic) bond motifs is 9. The maximum Gasteiger partial charge on any atom is 0.180 e. The fourth-order valence-electron chi connectivity index (χ4n) is 13.5. The van der Waals surface area contributed by atoms with Gasteiger partial charge in [-0.15, -0.1) is 0 Å². The molecule has 0 saturated carbocycles. The predicted molar refractivity (Wildman–Crippen MR) is 327 cm³/mol. The van der Waals surface area contributed by atoms with Crippen molar-refractivity contribution in [2.24, 2.45) is 0 Å². The molecule has 1 aliphatic rings. The van der Waals surface area contributed by atoms with Gasteiger partial charge >= 0.3 is 0 Å². The smallest absolute Gasteiger partial charge is 0.180 e. The number of benzene rings is 12. The number of rotatable bonds is 9. The third-order valence-corrected chi connectivity index (χ3v) is 26.2. The zero-order chi connectivity index (χ0) is 50.2. The molecule has 14 aromatic rings. The van der Waals surface area contributed by atoms with Gasteiger partial charge in [0, 0.05) is 27.2 Å². The van der Waals surface area contributed by atoms with E-state index in [4.69, 9.17) is 0 Å². The Bertz CT molecular complexity index is 4370. The maximum atomic E-state index is 2.52. The standard InChI is InChI=1S/C72H50N2Si2/c1-6-26-53(27-7-1)75(54-28-8-2-9-29-54,55-30-10-3-11-31-55)58-36-22-25-52(50-58)73-65-42-20-17-38-61(65)72-67(73)43-24-44-68(72)74-64-41-19-16-37-60(64)63-49-51(47-48-66(63)74)59-40-23-46-70-71(59)62-39-18-21-45-69(62)76(70,56-32-12-4-13-33-56)57-34-14-5-15-35-57/h1-50H. The highest BCUT2D eigenvalue weighted by molar-refractivity contribution is 7.22. The zero-order valence-electron chi connectivity index (χ0n) is 41.8. The van der Waals surface area contributed by atoms with Gasteiger partial charge < -0.3 is 9.13 Å². The van der Waals surface area contributed by atoms with E-state index in [1.54, 1.807) is 0 Å². The molecule has 2 nitrogen and oxygen atoms in total. The second-order valence-electron chi connectivity index (χ2n) is 20.3. The average Bonchev–Trinajstić information content (AvgIpc) is 4.30. The molecule has 1 aliphatic heterocycles. The molecule has 0 atom stereocenters. The third kappa shape index (κ3) is 6.38. The lowest BCUT2D eigenvalue weighted by Crippen LogP contribution is -2.74. The van der Waals surface area contributed by atoms with Crippen LogP contribution >= 0.6 is 0 Å². The van der Waals surface area contributed by atoms with Crippen LogP contribution in [0.3, 0.4) is 0 Å². The first-order valence-corrected chi connectivity index (χ1v) is 30.4. The van der Waals surface area contributed by atoms with Crippen molar-refractivity contribution in [2.45, 2.75) is 0 Å². The summed E-state index contributed by atoms with van der Waals surface area (Å²) in [5.41, 5.74) is 12.2. The van der Waals surface area contributed by atoms with Crippen LogP contribution in [0.5, 0.6) is 0 Å². The van der Waals surface area contributed by atoms with Gasteiger partial charge in [0.15, 0.2) is 16.1 Å². The van der Waals surface area contributed by atoms with Gasteiger partial charge in [-0.05, 0) is 112 Å². The van der Waals surface area contributed by atoms with Crippen LogP contribution in [0.4, 0.5) is 0 Å². The molecule has 0 amide bonds. The molecule has 0 N–H and O–H groups in total. The Hall–Kier alpha value is -9.33. The molecule has 2 aromatic heterocycles. The van der Waals surface area contributed by atoms with Crippen LogP contribution in [0.2, 0.25) is 0 Å². The van der Waals surface area contributed by atoms with Crippen LogP contribution in [0.15, 0.2) is 303 Å². The molecular weight excluding hydrogens is 949 g/mol. The Morgan fingerprint density at radius 2 is 0.763 bits per heavy atom. The van der Waals surface area contributed by atoms with Crippen molar-refractivity contribution < 1.29 is 0 Å². The van der Waals surface area contributed by atoms with E-state index >= 15 is 0 Å². The summed E-state index contributed by atoms with van der Waals surface area (Å²) in [6.07, 6.45) is 0. The molecule has 0 spiro atoms.